The van der Waals surface area contributed by atoms with Gasteiger partial charge in [0.1, 0.15) is 6.61 Å². The largest absolute Gasteiger partial charge is 0.463 e. The van der Waals surface area contributed by atoms with E-state index in [1.807, 2.05) is 41.3 Å². The molecule has 1 atom stereocenters. The van der Waals surface area contributed by atoms with Crippen molar-refractivity contribution in [1.29, 1.82) is 0 Å². The number of morpholine rings is 1. The Kier molecular flexibility index (Phi) is 4.72. The van der Waals surface area contributed by atoms with E-state index < -0.39 is 12.0 Å². The van der Waals surface area contributed by atoms with Gasteiger partial charge in [0, 0.05) is 12.1 Å². The number of esters is 1. The van der Waals surface area contributed by atoms with E-state index in [-0.39, 0.29) is 5.78 Å². The Hall–Kier alpha value is -2.20. The summed E-state index contributed by atoms with van der Waals surface area (Å²) in [5, 5.41) is 1.89. The van der Waals surface area contributed by atoms with Crippen LogP contribution in [0, 0.1) is 0 Å². The fraction of sp³-hybridized carbons (Fsp3) is 0.368. The number of cyclic esters (lactones) is 1. The maximum Gasteiger partial charge on any atom is 0.331 e. The van der Waals surface area contributed by atoms with Crippen molar-refractivity contribution in [3.63, 3.8) is 0 Å². The van der Waals surface area contributed by atoms with Gasteiger partial charge in [-0.3, -0.25) is 9.69 Å². The molecule has 1 fully saturated rings. The van der Waals surface area contributed by atoms with E-state index in [4.69, 9.17) is 4.74 Å². The Morgan fingerprint density at radius 1 is 1.22 bits per heavy atom. The van der Waals surface area contributed by atoms with E-state index in [1.165, 1.54) is 0 Å². The maximum atomic E-state index is 13.1. The van der Waals surface area contributed by atoms with Gasteiger partial charge in [-0.25, -0.2) is 4.79 Å². The summed E-state index contributed by atoms with van der Waals surface area (Å²) in [6.45, 7) is 3.82. The van der Waals surface area contributed by atoms with Gasteiger partial charge < -0.3 is 4.74 Å². The summed E-state index contributed by atoms with van der Waals surface area (Å²) in [6, 6.07) is 12.6. The molecule has 1 aliphatic rings. The second-order valence-corrected chi connectivity index (χ2v) is 5.85. The average molecular weight is 311 g/mol. The Morgan fingerprint density at radius 3 is 2.83 bits per heavy atom. The minimum atomic E-state index is -0.818. The summed E-state index contributed by atoms with van der Waals surface area (Å²) in [4.78, 5) is 27.2. The molecule has 23 heavy (non-hydrogen) atoms. The molecule has 4 nitrogen and oxygen atoms in total. The van der Waals surface area contributed by atoms with Crippen molar-refractivity contribution in [3.05, 3.63) is 48.0 Å². The minimum Gasteiger partial charge on any atom is -0.463 e. The predicted molar refractivity (Wildman–Crippen MR) is 89.5 cm³/mol. The van der Waals surface area contributed by atoms with E-state index in [9.17, 15) is 9.59 Å². The monoisotopic (exact) mass is 311 g/mol. The molecule has 4 heteroatoms. The highest BCUT2D eigenvalue weighted by molar-refractivity contribution is 6.17. The molecule has 0 radical (unpaired) electrons. The number of benzene rings is 2. The lowest BCUT2D eigenvalue weighted by Crippen LogP contribution is -2.53. The van der Waals surface area contributed by atoms with Gasteiger partial charge in [-0.05, 0) is 23.7 Å². The molecule has 0 amide bonds. The lowest BCUT2D eigenvalue weighted by molar-refractivity contribution is -0.154. The number of hydrogen-bond acceptors (Lipinski definition) is 4. The van der Waals surface area contributed by atoms with Gasteiger partial charge in [-0.1, -0.05) is 55.8 Å². The van der Waals surface area contributed by atoms with Gasteiger partial charge in [0.2, 0.25) is 0 Å². The predicted octanol–water partition coefficient (Wildman–Crippen LogP) is 3.05. The average Bonchev–Trinajstić information content (AvgIpc) is 2.59. The van der Waals surface area contributed by atoms with Crippen LogP contribution in [0.25, 0.3) is 10.8 Å². The third kappa shape index (κ3) is 3.13. The smallest absolute Gasteiger partial charge is 0.331 e. The van der Waals surface area contributed by atoms with E-state index in [0.29, 0.717) is 18.7 Å². The number of ketones is 1. The van der Waals surface area contributed by atoms with Crippen molar-refractivity contribution < 1.29 is 14.3 Å². The van der Waals surface area contributed by atoms with Crippen molar-refractivity contribution in [3.8, 4) is 0 Å². The number of Topliss-reactive ketones (excluding diaryl/α,β-unsaturated/α-hetero) is 1. The third-order valence-corrected chi connectivity index (χ3v) is 4.31. The minimum absolute atomic E-state index is 0.164. The lowest BCUT2D eigenvalue weighted by Gasteiger charge is -2.33. The third-order valence-electron chi connectivity index (χ3n) is 4.31. The number of carbonyl (C=O) groups is 2. The van der Waals surface area contributed by atoms with Crippen LogP contribution in [0.1, 0.15) is 30.1 Å². The molecule has 1 unspecified atom stereocenters. The van der Waals surface area contributed by atoms with Crippen LogP contribution < -0.4 is 0 Å². The maximum absolute atomic E-state index is 13.1. The molecule has 0 aliphatic carbocycles. The first-order valence-electron chi connectivity index (χ1n) is 8.15. The fourth-order valence-corrected chi connectivity index (χ4v) is 3.08. The number of nitrogens with zero attached hydrogens (tertiary/aromatic N) is 1. The van der Waals surface area contributed by atoms with Crippen molar-refractivity contribution in [2.45, 2.75) is 25.8 Å². The Balaban J connectivity index is 1.96. The van der Waals surface area contributed by atoms with E-state index in [2.05, 4.69) is 6.92 Å². The first-order chi connectivity index (χ1) is 11.2. The van der Waals surface area contributed by atoms with Crippen LogP contribution in [0.4, 0.5) is 0 Å². The molecule has 1 heterocycles. The molecular weight excluding hydrogens is 290 g/mol. The van der Waals surface area contributed by atoms with Gasteiger partial charge in [0.25, 0.3) is 0 Å². The number of rotatable bonds is 5. The number of hydrogen-bond donors (Lipinski definition) is 0. The molecule has 0 saturated carbocycles. The first-order valence-corrected chi connectivity index (χ1v) is 8.15. The molecule has 0 spiro atoms. The Morgan fingerprint density at radius 2 is 2.00 bits per heavy atom. The normalized spacial score (nSPS) is 18.8. The zero-order valence-corrected chi connectivity index (χ0v) is 13.3. The summed E-state index contributed by atoms with van der Waals surface area (Å²) in [5.74, 6) is -0.590. The second kappa shape index (κ2) is 6.92. The molecule has 120 valence electrons. The van der Waals surface area contributed by atoms with Crippen LogP contribution in [0.2, 0.25) is 0 Å². The van der Waals surface area contributed by atoms with Crippen molar-refractivity contribution >= 4 is 22.5 Å². The summed E-state index contributed by atoms with van der Waals surface area (Å²) in [5.41, 5.74) is 0.591. The van der Waals surface area contributed by atoms with Crippen molar-refractivity contribution in [2.75, 3.05) is 19.7 Å². The summed E-state index contributed by atoms with van der Waals surface area (Å²) in [6.07, 6.45) is 1.99. The molecule has 0 N–H and O–H groups in total. The number of unbranched alkanes of at least 4 members (excludes halogenated alkanes) is 1. The standard InChI is InChI=1S/C19H21NO3/c1-2-3-11-20-12-13-23-19(22)17(20)18(21)16-10-6-8-14-7-4-5-9-15(14)16/h4-10,17H,2-3,11-13H2,1H3. The Bertz CT molecular complexity index is 720. The number of fused-ring (bicyclic) bond motifs is 1. The zero-order chi connectivity index (χ0) is 16.2. The SMILES string of the molecule is CCCCN1CCOC(=O)C1C(=O)c1cccc2ccccc12. The molecule has 2 aromatic rings. The summed E-state index contributed by atoms with van der Waals surface area (Å²) >= 11 is 0. The van der Waals surface area contributed by atoms with Crippen LogP contribution in [0.15, 0.2) is 42.5 Å². The molecule has 1 saturated heterocycles. The number of ether oxygens (including phenoxy) is 1. The molecular formula is C19H21NO3. The topological polar surface area (TPSA) is 46.6 Å². The van der Waals surface area contributed by atoms with Crippen LogP contribution in [-0.2, 0) is 9.53 Å². The van der Waals surface area contributed by atoms with Crippen molar-refractivity contribution in [1.82, 2.24) is 4.90 Å². The zero-order valence-electron chi connectivity index (χ0n) is 13.3. The molecule has 0 aromatic heterocycles. The van der Waals surface area contributed by atoms with Crippen LogP contribution in [-0.4, -0.2) is 42.4 Å². The van der Waals surface area contributed by atoms with Gasteiger partial charge in [0.05, 0.1) is 0 Å². The van der Waals surface area contributed by atoms with Crippen molar-refractivity contribution in [2.24, 2.45) is 0 Å². The van der Waals surface area contributed by atoms with Crippen LogP contribution >= 0.6 is 0 Å². The Labute approximate surface area is 136 Å². The molecule has 3 rings (SSSR count). The van der Waals surface area contributed by atoms with Crippen LogP contribution in [0.5, 0.6) is 0 Å². The quantitative estimate of drug-likeness (QED) is 0.484. The fourth-order valence-electron chi connectivity index (χ4n) is 3.08. The van der Waals surface area contributed by atoms with E-state index >= 15 is 0 Å². The molecule has 2 aromatic carbocycles. The molecule has 0 bridgehead atoms. The second-order valence-electron chi connectivity index (χ2n) is 5.85. The van der Waals surface area contributed by atoms with Gasteiger partial charge in [-0.15, -0.1) is 0 Å². The van der Waals surface area contributed by atoms with E-state index in [1.54, 1.807) is 6.07 Å². The van der Waals surface area contributed by atoms with Gasteiger partial charge in [0.15, 0.2) is 11.8 Å². The van der Waals surface area contributed by atoms with Gasteiger partial charge >= 0.3 is 5.97 Å². The van der Waals surface area contributed by atoms with E-state index in [0.717, 1.165) is 30.2 Å². The first kappa shape index (κ1) is 15.7. The highest BCUT2D eigenvalue weighted by Gasteiger charge is 2.38. The highest BCUT2D eigenvalue weighted by Crippen LogP contribution is 2.23. The molecule has 1 aliphatic heterocycles. The van der Waals surface area contributed by atoms with Crippen LogP contribution in [0.3, 0.4) is 0 Å². The lowest BCUT2D eigenvalue weighted by atomic mass is 9.96. The summed E-state index contributed by atoms with van der Waals surface area (Å²) < 4.78 is 5.15. The highest BCUT2D eigenvalue weighted by atomic mass is 16.5. The number of carbonyl (C=O) groups excluding carboxylic acids is 2. The summed E-state index contributed by atoms with van der Waals surface area (Å²) in [7, 11) is 0. The van der Waals surface area contributed by atoms with Gasteiger partial charge in [-0.2, -0.15) is 0 Å².